The predicted octanol–water partition coefficient (Wildman–Crippen LogP) is 2.37. The summed E-state index contributed by atoms with van der Waals surface area (Å²) >= 11 is 0. The third-order valence-electron chi connectivity index (χ3n) is 3.77. The summed E-state index contributed by atoms with van der Waals surface area (Å²) in [6.45, 7) is 0.0799. The number of methoxy groups -OCH3 is 2. The van der Waals surface area contributed by atoms with Crippen LogP contribution in [0.15, 0.2) is 65.7 Å². The van der Waals surface area contributed by atoms with Crippen LogP contribution >= 0.6 is 0 Å². The molecule has 2 aromatic carbocycles. The fourth-order valence-electron chi connectivity index (χ4n) is 2.42. The minimum absolute atomic E-state index is 0.0799. The fraction of sp³-hybridized carbons (Fsp3) is 0.167. The van der Waals surface area contributed by atoms with Crippen LogP contribution in [-0.2, 0) is 16.6 Å². The highest BCUT2D eigenvalue weighted by molar-refractivity contribution is 7.89. The number of nitrogens with zero attached hydrogens (tertiary/aromatic N) is 2. The lowest BCUT2D eigenvalue weighted by atomic mass is 10.3. The van der Waals surface area contributed by atoms with E-state index < -0.39 is 10.0 Å². The van der Waals surface area contributed by atoms with E-state index in [1.165, 1.54) is 26.4 Å². The second-order valence-electron chi connectivity index (χ2n) is 5.43. The number of para-hydroxylation sites is 1. The Morgan fingerprint density at radius 1 is 1.00 bits per heavy atom. The van der Waals surface area contributed by atoms with Crippen LogP contribution in [0, 0.1) is 0 Å². The van der Waals surface area contributed by atoms with Gasteiger partial charge in [-0.25, -0.2) is 17.8 Å². The molecule has 1 aromatic heterocycles. The average Bonchev–Trinajstić information content (AvgIpc) is 3.15. The molecule has 7 nitrogen and oxygen atoms in total. The third-order valence-corrected chi connectivity index (χ3v) is 5.17. The Kier molecular flexibility index (Phi) is 5.24. The first-order chi connectivity index (χ1) is 12.5. The van der Waals surface area contributed by atoms with Gasteiger partial charge in [0, 0.05) is 12.3 Å². The lowest BCUT2D eigenvalue weighted by Gasteiger charge is -2.10. The van der Waals surface area contributed by atoms with Crippen LogP contribution in [-0.4, -0.2) is 32.4 Å². The molecule has 0 unspecified atom stereocenters. The molecular weight excluding hydrogens is 354 g/mol. The number of aromatic nitrogens is 2. The topological polar surface area (TPSA) is 82.5 Å². The van der Waals surface area contributed by atoms with Crippen LogP contribution in [0.2, 0.25) is 0 Å². The van der Waals surface area contributed by atoms with Crippen molar-refractivity contribution in [1.29, 1.82) is 0 Å². The highest BCUT2D eigenvalue weighted by Crippen LogP contribution is 2.29. The molecule has 26 heavy (non-hydrogen) atoms. The summed E-state index contributed by atoms with van der Waals surface area (Å²) in [5.74, 6) is 0.816. The van der Waals surface area contributed by atoms with Crippen molar-refractivity contribution in [2.75, 3.05) is 14.2 Å². The van der Waals surface area contributed by atoms with Crippen molar-refractivity contribution in [3.8, 4) is 17.2 Å². The Hall–Kier alpha value is -2.84. The quantitative estimate of drug-likeness (QED) is 0.687. The molecule has 0 aliphatic rings. The summed E-state index contributed by atoms with van der Waals surface area (Å²) < 4.78 is 39.5. The van der Waals surface area contributed by atoms with Gasteiger partial charge in [0.1, 0.15) is 0 Å². The first-order valence-corrected chi connectivity index (χ1v) is 9.33. The zero-order chi connectivity index (χ0) is 18.6. The van der Waals surface area contributed by atoms with Gasteiger partial charge in [0.2, 0.25) is 10.0 Å². The Balaban J connectivity index is 1.74. The molecule has 0 amide bonds. The predicted molar refractivity (Wildman–Crippen MR) is 97.1 cm³/mol. The molecule has 0 atom stereocenters. The minimum Gasteiger partial charge on any atom is -0.493 e. The molecule has 0 bridgehead atoms. The standard InChI is InChI=1S/C18H19N3O4S/c1-24-17-9-8-16(12-18(17)25-2)26(22,23)19-13-14-10-11-21(20-14)15-6-4-3-5-7-15/h3-12,19H,13H2,1-2H3. The van der Waals surface area contributed by atoms with Crippen molar-refractivity contribution < 1.29 is 17.9 Å². The molecule has 0 fully saturated rings. The van der Waals surface area contributed by atoms with Crippen molar-refractivity contribution in [3.63, 3.8) is 0 Å². The number of sulfonamides is 1. The number of hydrogen-bond donors (Lipinski definition) is 1. The third kappa shape index (κ3) is 3.87. The van der Waals surface area contributed by atoms with Gasteiger partial charge in [0.05, 0.1) is 37.0 Å². The fourth-order valence-corrected chi connectivity index (χ4v) is 3.43. The maximum absolute atomic E-state index is 12.5. The van der Waals surface area contributed by atoms with Crippen LogP contribution in [0.4, 0.5) is 0 Å². The summed E-state index contributed by atoms with van der Waals surface area (Å²) in [7, 11) is -0.757. The molecule has 3 aromatic rings. The lowest BCUT2D eigenvalue weighted by Crippen LogP contribution is -2.23. The molecular formula is C18H19N3O4S. The highest BCUT2D eigenvalue weighted by Gasteiger charge is 2.17. The van der Waals surface area contributed by atoms with E-state index in [0.717, 1.165) is 5.69 Å². The highest BCUT2D eigenvalue weighted by atomic mass is 32.2. The molecule has 1 heterocycles. The number of benzene rings is 2. The molecule has 8 heteroatoms. The van der Waals surface area contributed by atoms with Gasteiger partial charge in [0.25, 0.3) is 0 Å². The van der Waals surface area contributed by atoms with E-state index in [-0.39, 0.29) is 11.4 Å². The number of rotatable bonds is 7. The van der Waals surface area contributed by atoms with Crippen molar-refractivity contribution in [2.24, 2.45) is 0 Å². The Morgan fingerprint density at radius 3 is 2.42 bits per heavy atom. The van der Waals surface area contributed by atoms with Gasteiger partial charge in [-0.1, -0.05) is 18.2 Å². The molecule has 136 valence electrons. The van der Waals surface area contributed by atoms with Crippen LogP contribution in [0.25, 0.3) is 5.69 Å². The normalized spacial score (nSPS) is 11.3. The molecule has 0 saturated heterocycles. The van der Waals surface area contributed by atoms with E-state index in [0.29, 0.717) is 17.2 Å². The van der Waals surface area contributed by atoms with Crippen molar-refractivity contribution in [3.05, 3.63) is 66.5 Å². The molecule has 0 spiro atoms. The number of ether oxygens (including phenoxy) is 2. The van der Waals surface area contributed by atoms with Crippen molar-refractivity contribution >= 4 is 10.0 Å². The van der Waals surface area contributed by atoms with Gasteiger partial charge in [0.15, 0.2) is 11.5 Å². The molecule has 1 N–H and O–H groups in total. The second kappa shape index (κ2) is 7.59. The van der Waals surface area contributed by atoms with E-state index in [2.05, 4.69) is 9.82 Å². The summed E-state index contributed by atoms with van der Waals surface area (Å²) in [4.78, 5) is 0.0950. The molecule has 3 rings (SSSR count). The van der Waals surface area contributed by atoms with E-state index in [1.807, 2.05) is 30.3 Å². The van der Waals surface area contributed by atoms with Gasteiger partial charge < -0.3 is 9.47 Å². The van der Waals surface area contributed by atoms with E-state index >= 15 is 0 Å². The number of hydrogen-bond acceptors (Lipinski definition) is 5. The van der Waals surface area contributed by atoms with Crippen LogP contribution < -0.4 is 14.2 Å². The number of nitrogens with one attached hydrogen (secondary N) is 1. The average molecular weight is 373 g/mol. The second-order valence-corrected chi connectivity index (χ2v) is 7.20. The van der Waals surface area contributed by atoms with Crippen molar-refractivity contribution in [1.82, 2.24) is 14.5 Å². The van der Waals surface area contributed by atoms with Gasteiger partial charge in [-0.05, 0) is 30.3 Å². The van der Waals surface area contributed by atoms with Crippen molar-refractivity contribution in [2.45, 2.75) is 11.4 Å². The van der Waals surface area contributed by atoms with Gasteiger partial charge in [-0.2, -0.15) is 5.10 Å². The van der Waals surface area contributed by atoms with Crippen LogP contribution in [0.1, 0.15) is 5.69 Å². The first-order valence-electron chi connectivity index (χ1n) is 7.85. The Morgan fingerprint density at radius 2 is 1.73 bits per heavy atom. The van der Waals surface area contributed by atoms with Gasteiger partial charge in [-0.15, -0.1) is 0 Å². The van der Waals surface area contributed by atoms with Gasteiger partial charge in [-0.3, -0.25) is 0 Å². The lowest BCUT2D eigenvalue weighted by molar-refractivity contribution is 0.354. The van der Waals surface area contributed by atoms with Crippen LogP contribution in [0.5, 0.6) is 11.5 Å². The monoisotopic (exact) mass is 373 g/mol. The molecule has 0 saturated carbocycles. The zero-order valence-corrected chi connectivity index (χ0v) is 15.2. The maximum Gasteiger partial charge on any atom is 0.241 e. The first kappa shape index (κ1) is 18.0. The molecule has 0 aliphatic heterocycles. The zero-order valence-electron chi connectivity index (χ0n) is 14.4. The van der Waals surface area contributed by atoms with Crippen LogP contribution in [0.3, 0.4) is 0 Å². The summed E-state index contributed by atoms with van der Waals surface area (Å²) in [5, 5.41) is 4.38. The van der Waals surface area contributed by atoms with E-state index in [1.54, 1.807) is 23.0 Å². The minimum atomic E-state index is -3.71. The Bertz CT molecular complexity index is 985. The summed E-state index contributed by atoms with van der Waals surface area (Å²) in [5.41, 5.74) is 1.51. The SMILES string of the molecule is COc1ccc(S(=O)(=O)NCc2ccn(-c3ccccc3)n2)cc1OC. The smallest absolute Gasteiger partial charge is 0.241 e. The largest absolute Gasteiger partial charge is 0.493 e. The van der Waals surface area contributed by atoms with Gasteiger partial charge >= 0.3 is 0 Å². The maximum atomic E-state index is 12.5. The molecule has 0 radical (unpaired) electrons. The summed E-state index contributed by atoms with van der Waals surface area (Å²) in [6, 6.07) is 15.8. The molecule has 0 aliphatic carbocycles. The summed E-state index contributed by atoms with van der Waals surface area (Å²) in [6.07, 6.45) is 1.79. The van der Waals surface area contributed by atoms with E-state index in [9.17, 15) is 8.42 Å². The Labute approximate surface area is 152 Å². The van der Waals surface area contributed by atoms with E-state index in [4.69, 9.17) is 9.47 Å².